The molecule has 226 valence electrons. The van der Waals surface area contributed by atoms with Crippen LogP contribution in [-0.2, 0) is 18.5 Å². The van der Waals surface area contributed by atoms with Gasteiger partial charge in [0.15, 0.2) is 0 Å². The highest BCUT2D eigenvalue weighted by Gasteiger charge is 2.37. The molecule has 1 saturated carbocycles. The molecule has 0 bridgehead atoms. The highest BCUT2D eigenvalue weighted by Crippen LogP contribution is 2.37. The minimum Gasteiger partial charge on any atom is -0.370 e. The van der Waals surface area contributed by atoms with Crippen LogP contribution in [-0.4, -0.2) is 37.2 Å². The molecule has 0 spiro atoms. The molecule has 41 heavy (non-hydrogen) atoms. The van der Waals surface area contributed by atoms with Crippen LogP contribution in [0.3, 0.4) is 0 Å². The molecule has 5 nitrogen and oxygen atoms in total. The van der Waals surface area contributed by atoms with Gasteiger partial charge in [0, 0.05) is 42.6 Å². The minimum absolute atomic E-state index is 0.0116. The number of halogens is 9. The molecule has 2 aromatic carbocycles. The number of alkyl halides is 9. The number of carbonyl (C=O) groups is 1. The summed E-state index contributed by atoms with van der Waals surface area (Å²) in [6, 6.07) is 4.21. The van der Waals surface area contributed by atoms with Crippen molar-refractivity contribution in [2.45, 2.75) is 75.2 Å². The first-order valence-corrected chi connectivity index (χ1v) is 13.1. The Hall–Kier alpha value is -3.16. The molecule has 2 aromatic rings. The van der Waals surface area contributed by atoms with Crippen molar-refractivity contribution in [1.29, 1.82) is 0 Å². The molecule has 2 aliphatic rings. The molecule has 1 aliphatic carbocycles. The number of carbonyl (C=O) groups excluding carboxylic acids is 1. The molecular formula is C27H29F9N4O. The Morgan fingerprint density at radius 3 is 1.83 bits per heavy atom. The number of amides is 2. The van der Waals surface area contributed by atoms with Crippen LogP contribution in [0.15, 0.2) is 42.5 Å². The van der Waals surface area contributed by atoms with Crippen LogP contribution in [0.2, 0.25) is 0 Å². The molecule has 0 aromatic heterocycles. The number of anilines is 2. The van der Waals surface area contributed by atoms with E-state index in [9.17, 15) is 44.3 Å². The lowest BCUT2D eigenvalue weighted by Gasteiger charge is -2.40. The van der Waals surface area contributed by atoms with Gasteiger partial charge in [-0.15, -0.1) is 0 Å². The second kappa shape index (κ2) is 12.0. The van der Waals surface area contributed by atoms with Crippen molar-refractivity contribution in [2.75, 3.05) is 23.3 Å². The lowest BCUT2D eigenvalue weighted by atomic mass is 9.89. The van der Waals surface area contributed by atoms with Crippen molar-refractivity contribution in [2.24, 2.45) is 0 Å². The fourth-order valence-corrected chi connectivity index (χ4v) is 5.38. The first-order valence-electron chi connectivity index (χ1n) is 13.1. The Balaban J connectivity index is 1.39. The van der Waals surface area contributed by atoms with Gasteiger partial charge in [-0.3, -0.25) is 0 Å². The number of hydrogen-bond donors (Lipinski definition) is 3. The molecular weight excluding hydrogens is 567 g/mol. The second-order valence-electron chi connectivity index (χ2n) is 10.4. The van der Waals surface area contributed by atoms with Crippen LogP contribution in [0.4, 0.5) is 55.7 Å². The summed E-state index contributed by atoms with van der Waals surface area (Å²) in [7, 11) is 0. The van der Waals surface area contributed by atoms with Gasteiger partial charge >= 0.3 is 24.6 Å². The van der Waals surface area contributed by atoms with Gasteiger partial charge in [-0.05, 0) is 68.1 Å². The smallest absolute Gasteiger partial charge is 0.370 e. The second-order valence-corrected chi connectivity index (χ2v) is 10.4. The van der Waals surface area contributed by atoms with E-state index in [1.54, 1.807) is 0 Å². The predicted octanol–water partition coefficient (Wildman–Crippen LogP) is 7.43. The lowest BCUT2D eigenvalue weighted by Crippen LogP contribution is -2.57. The third-order valence-electron chi connectivity index (χ3n) is 7.36. The maximum Gasteiger partial charge on any atom is 0.416 e. The van der Waals surface area contributed by atoms with Gasteiger partial charge in [0.2, 0.25) is 0 Å². The molecule has 2 amide bonds. The van der Waals surface area contributed by atoms with Crippen molar-refractivity contribution in [1.82, 2.24) is 10.6 Å². The van der Waals surface area contributed by atoms with Gasteiger partial charge in [-0.2, -0.15) is 39.5 Å². The van der Waals surface area contributed by atoms with E-state index in [1.807, 2.05) is 4.90 Å². The van der Waals surface area contributed by atoms with E-state index in [-0.39, 0.29) is 18.2 Å². The summed E-state index contributed by atoms with van der Waals surface area (Å²) in [5, 5.41) is 8.32. The summed E-state index contributed by atoms with van der Waals surface area (Å²) in [5.74, 6) is 0. The number of nitrogens with zero attached hydrogens (tertiary/aromatic N) is 1. The zero-order valence-electron chi connectivity index (χ0n) is 21.7. The van der Waals surface area contributed by atoms with Gasteiger partial charge in [-0.1, -0.05) is 12.8 Å². The number of hydrogen-bond acceptors (Lipinski definition) is 3. The van der Waals surface area contributed by atoms with Gasteiger partial charge in [0.05, 0.1) is 16.7 Å². The molecule has 2 fully saturated rings. The zero-order chi connectivity index (χ0) is 30.0. The lowest BCUT2D eigenvalue weighted by molar-refractivity contribution is -0.143. The summed E-state index contributed by atoms with van der Waals surface area (Å²) < 4.78 is 118. The molecule has 1 saturated heterocycles. The van der Waals surface area contributed by atoms with Crippen LogP contribution in [0, 0.1) is 0 Å². The van der Waals surface area contributed by atoms with E-state index >= 15 is 0 Å². The maximum atomic E-state index is 13.2. The molecule has 3 atom stereocenters. The quantitative estimate of drug-likeness (QED) is 0.315. The van der Waals surface area contributed by atoms with Crippen LogP contribution in [0.1, 0.15) is 55.2 Å². The average molecular weight is 597 g/mol. The Labute approximate surface area is 230 Å². The fourth-order valence-electron chi connectivity index (χ4n) is 5.38. The molecule has 0 radical (unpaired) electrons. The largest absolute Gasteiger partial charge is 0.416 e. The normalized spacial score (nSPS) is 22.4. The molecule has 1 aliphatic heterocycles. The first kappa shape index (κ1) is 30.8. The van der Waals surface area contributed by atoms with E-state index in [1.165, 1.54) is 12.1 Å². The van der Waals surface area contributed by atoms with Crippen LogP contribution >= 0.6 is 0 Å². The molecule has 14 heteroatoms. The first-order chi connectivity index (χ1) is 19.1. The SMILES string of the molecule is O=C(Nc1cc(C(F)(F)F)cc(C(F)(F)F)c1)N[C@@H]1CCCC[C@H]1N[C@H]1CCCN(c2ccc(C(F)(F)F)cc2)C1. The number of piperidine rings is 1. The molecule has 1 heterocycles. The number of urea groups is 1. The third kappa shape index (κ3) is 8.20. The summed E-state index contributed by atoms with van der Waals surface area (Å²) in [6.45, 7) is 1.18. The fraction of sp³-hybridized carbons (Fsp3) is 0.519. The summed E-state index contributed by atoms with van der Waals surface area (Å²) in [5.41, 5.74) is -3.78. The van der Waals surface area contributed by atoms with Gasteiger partial charge < -0.3 is 20.9 Å². The van der Waals surface area contributed by atoms with Crippen LogP contribution in [0.5, 0.6) is 0 Å². The summed E-state index contributed by atoms with van der Waals surface area (Å²) in [6.07, 6.45) is -10.1. The van der Waals surface area contributed by atoms with Crippen molar-refractivity contribution < 1.29 is 44.3 Å². The average Bonchev–Trinajstić information content (AvgIpc) is 2.88. The topological polar surface area (TPSA) is 56.4 Å². The Morgan fingerprint density at radius 1 is 0.707 bits per heavy atom. The van der Waals surface area contributed by atoms with E-state index < -0.39 is 53.0 Å². The summed E-state index contributed by atoms with van der Waals surface area (Å²) in [4.78, 5) is 14.7. The number of benzene rings is 2. The van der Waals surface area contributed by atoms with E-state index in [0.29, 0.717) is 43.8 Å². The van der Waals surface area contributed by atoms with Crippen LogP contribution in [0.25, 0.3) is 0 Å². The highest BCUT2D eigenvalue weighted by molar-refractivity contribution is 5.89. The van der Waals surface area contributed by atoms with E-state index in [4.69, 9.17) is 0 Å². The maximum absolute atomic E-state index is 13.2. The van der Waals surface area contributed by atoms with Crippen molar-refractivity contribution in [3.05, 3.63) is 59.2 Å². The third-order valence-corrected chi connectivity index (χ3v) is 7.36. The van der Waals surface area contributed by atoms with E-state index in [0.717, 1.165) is 37.8 Å². The molecule has 0 unspecified atom stereocenters. The van der Waals surface area contributed by atoms with Crippen LogP contribution < -0.4 is 20.9 Å². The Morgan fingerprint density at radius 2 is 1.27 bits per heavy atom. The van der Waals surface area contributed by atoms with Gasteiger partial charge in [0.25, 0.3) is 0 Å². The van der Waals surface area contributed by atoms with Gasteiger partial charge in [-0.25, -0.2) is 4.79 Å². The highest BCUT2D eigenvalue weighted by atomic mass is 19.4. The monoisotopic (exact) mass is 596 g/mol. The zero-order valence-corrected chi connectivity index (χ0v) is 21.7. The van der Waals surface area contributed by atoms with Gasteiger partial charge in [0.1, 0.15) is 0 Å². The van der Waals surface area contributed by atoms with Crippen molar-refractivity contribution >= 4 is 17.4 Å². The predicted molar refractivity (Wildman–Crippen MR) is 134 cm³/mol. The van der Waals surface area contributed by atoms with Crippen molar-refractivity contribution in [3.8, 4) is 0 Å². The van der Waals surface area contributed by atoms with E-state index in [2.05, 4.69) is 16.0 Å². The van der Waals surface area contributed by atoms with Crippen molar-refractivity contribution in [3.63, 3.8) is 0 Å². The Bertz CT molecular complexity index is 1160. The minimum atomic E-state index is -5.04. The number of nitrogens with one attached hydrogen (secondary N) is 3. The number of rotatable bonds is 5. The molecule has 4 rings (SSSR count). The summed E-state index contributed by atoms with van der Waals surface area (Å²) >= 11 is 0. The Kier molecular flexibility index (Phi) is 9.00. The molecule has 3 N–H and O–H groups in total. The standard InChI is InChI=1S/C27H29F9N4O/c28-25(29,30)16-7-9-21(10-8-16)40-11-3-4-19(15-40)37-22-5-1-2-6-23(22)39-24(41)38-20-13-17(26(31,32)33)12-18(14-20)27(34,35)36/h7-10,12-14,19,22-23,37H,1-6,11,15H2,(H2,38,39,41)/t19-,22+,23+/m0/s1.